The molecule has 0 saturated heterocycles. The van der Waals surface area contributed by atoms with E-state index >= 15 is 0 Å². The summed E-state index contributed by atoms with van der Waals surface area (Å²) in [6.07, 6.45) is 0. The SMILES string of the molecule is C[Si](C)(C)B[Si](C)(C)C. The molecule has 0 aromatic rings. The molecular formula is C6H19BSi2. The Labute approximate surface area is 62.2 Å². The van der Waals surface area contributed by atoms with E-state index < -0.39 is 15.9 Å². The molecular weight excluding hydrogens is 139 g/mol. The molecule has 0 aliphatic carbocycles. The molecule has 9 heavy (non-hydrogen) atoms. The molecule has 0 saturated carbocycles. The zero-order valence-electron chi connectivity index (χ0n) is 7.71. The second-order valence-corrected chi connectivity index (χ2v) is 17.0. The van der Waals surface area contributed by atoms with Crippen LogP contribution in [0.15, 0.2) is 0 Å². The number of hydrogen-bond acceptors (Lipinski definition) is 0. The van der Waals surface area contributed by atoms with Crippen molar-refractivity contribution in [3.05, 3.63) is 0 Å². The van der Waals surface area contributed by atoms with Gasteiger partial charge in [-0.15, -0.1) is 0 Å². The van der Waals surface area contributed by atoms with Crippen molar-refractivity contribution in [2.24, 2.45) is 0 Å². The van der Waals surface area contributed by atoms with Gasteiger partial charge < -0.3 is 0 Å². The van der Waals surface area contributed by atoms with Crippen LogP contribution in [0.25, 0.3) is 0 Å². The Morgan fingerprint density at radius 1 is 0.667 bits per heavy atom. The van der Waals surface area contributed by atoms with E-state index in [2.05, 4.69) is 39.3 Å². The van der Waals surface area contributed by atoms with Gasteiger partial charge in [0.15, 0.2) is 0 Å². The van der Waals surface area contributed by atoms with Gasteiger partial charge in [-0.05, 0) is 0 Å². The summed E-state index contributed by atoms with van der Waals surface area (Å²) in [6, 6.07) is 0. The molecule has 0 radical (unpaired) electrons. The van der Waals surface area contributed by atoms with Crippen LogP contribution in [0.1, 0.15) is 0 Å². The summed E-state index contributed by atoms with van der Waals surface area (Å²) in [7, 11) is -1.46. The first kappa shape index (κ1) is 9.50. The molecule has 0 spiro atoms. The summed E-state index contributed by atoms with van der Waals surface area (Å²) in [5.41, 5.74) is 0. The fourth-order valence-electron chi connectivity index (χ4n) is 1.59. The Hall–Kier alpha value is 0.499. The van der Waals surface area contributed by atoms with E-state index in [9.17, 15) is 0 Å². The van der Waals surface area contributed by atoms with Gasteiger partial charge in [0, 0.05) is 15.9 Å². The first-order valence-corrected chi connectivity index (χ1v) is 11.1. The Bertz CT molecular complexity index is 76.2. The average Bonchev–Trinajstić information content (AvgIpc) is 1.14. The highest BCUT2D eigenvalue weighted by Crippen LogP contribution is 2.07. The molecule has 0 amide bonds. The van der Waals surface area contributed by atoms with Crippen LogP contribution in [-0.2, 0) is 0 Å². The summed E-state index contributed by atoms with van der Waals surface area (Å²) in [5.74, 6) is 0. The van der Waals surface area contributed by atoms with E-state index in [1.165, 1.54) is 0 Å². The van der Waals surface area contributed by atoms with Crippen LogP contribution in [0, 0.1) is 0 Å². The number of rotatable bonds is 2. The van der Waals surface area contributed by atoms with Crippen molar-refractivity contribution >= 4 is 22.4 Å². The van der Waals surface area contributed by atoms with Crippen molar-refractivity contribution in [3.63, 3.8) is 0 Å². The summed E-state index contributed by atoms with van der Waals surface area (Å²) >= 11 is 0. The van der Waals surface area contributed by atoms with Crippen LogP contribution in [-0.4, -0.2) is 22.4 Å². The predicted octanol–water partition coefficient (Wildman–Crippen LogP) is 2.09. The lowest BCUT2D eigenvalue weighted by Gasteiger charge is -2.23. The van der Waals surface area contributed by atoms with Gasteiger partial charge in [0.1, 0.15) is 6.46 Å². The van der Waals surface area contributed by atoms with Crippen LogP contribution < -0.4 is 0 Å². The highest BCUT2D eigenvalue weighted by molar-refractivity contribution is 7.52. The van der Waals surface area contributed by atoms with Crippen molar-refractivity contribution in [2.45, 2.75) is 39.3 Å². The summed E-state index contributed by atoms with van der Waals surface area (Å²) in [6.45, 7) is 16.4. The van der Waals surface area contributed by atoms with Gasteiger partial charge >= 0.3 is 0 Å². The van der Waals surface area contributed by atoms with E-state index in [1.54, 1.807) is 6.46 Å². The predicted molar refractivity (Wildman–Crippen MR) is 53.8 cm³/mol. The van der Waals surface area contributed by atoms with Crippen molar-refractivity contribution in [1.29, 1.82) is 0 Å². The molecule has 0 aromatic carbocycles. The lowest BCUT2D eigenvalue weighted by Crippen LogP contribution is -2.46. The number of hydrogen-bond donors (Lipinski definition) is 0. The molecule has 54 valence electrons. The van der Waals surface area contributed by atoms with Gasteiger partial charge in [-0.3, -0.25) is 0 Å². The van der Waals surface area contributed by atoms with Gasteiger partial charge in [-0.25, -0.2) is 0 Å². The fourth-order valence-corrected chi connectivity index (χ4v) is 14.3. The van der Waals surface area contributed by atoms with Crippen LogP contribution in [0.2, 0.25) is 39.3 Å². The van der Waals surface area contributed by atoms with Gasteiger partial charge in [-0.1, -0.05) is 39.3 Å². The fraction of sp³-hybridized carbons (Fsp3) is 1.00. The third kappa shape index (κ3) is 8.50. The molecule has 0 fully saturated rings. The van der Waals surface area contributed by atoms with E-state index in [0.717, 1.165) is 0 Å². The lowest BCUT2D eigenvalue weighted by atomic mass is 10.7. The topological polar surface area (TPSA) is 0 Å². The van der Waals surface area contributed by atoms with E-state index in [4.69, 9.17) is 0 Å². The van der Waals surface area contributed by atoms with Gasteiger partial charge in [0.25, 0.3) is 0 Å². The standard InChI is InChI=1S/C6H19BSi2/c1-8(2,3)7-9(4,5)6/h7H,1-6H3. The molecule has 0 aliphatic heterocycles. The first-order valence-electron chi connectivity index (χ1n) is 3.71. The van der Waals surface area contributed by atoms with Crippen LogP contribution >= 0.6 is 0 Å². The third-order valence-corrected chi connectivity index (χ3v) is 9.55. The molecule has 3 heteroatoms. The molecule has 0 nitrogen and oxygen atoms in total. The monoisotopic (exact) mass is 158 g/mol. The van der Waals surface area contributed by atoms with Crippen molar-refractivity contribution in [1.82, 2.24) is 0 Å². The smallest absolute Gasteiger partial charge is 0.0754 e. The second kappa shape index (κ2) is 2.62. The zero-order valence-corrected chi connectivity index (χ0v) is 9.71. The molecule has 0 unspecified atom stereocenters. The molecule has 0 aromatic heterocycles. The highest BCUT2D eigenvalue weighted by atomic mass is 28.4. The normalized spacial score (nSPS) is 13.6. The van der Waals surface area contributed by atoms with Gasteiger partial charge in [-0.2, -0.15) is 0 Å². The second-order valence-electron chi connectivity index (χ2n) is 5.30. The largest absolute Gasteiger partial charge is 0.111 e. The molecule has 0 N–H and O–H groups in total. The maximum absolute atomic E-state index is 2.46. The molecule has 0 rings (SSSR count). The zero-order chi connectivity index (χ0) is 7.71. The Morgan fingerprint density at radius 3 is 0.889 bits per heavy atom. The van der Waals surface area contributed by atoms with Crippen molar-refractivity contribution in [3.8, 4) is 0 Å². The van der Waals surface area contributed by atoms with Gasteiger partial charge in [0.05, 0.1) is 0 Å². The maximum Gasteiger partial charge on any atom is 0.111 e. The van der Waals surface area contributed by atoms with Crippen LogP contribution in [0.3, 0.4) is 0 Å². The van der Waals surface area contributed by atoms with Crippen molar-refractivity contribution < 1.29 is 0 Å². The Morgan fingerprint density at radius 2 is 0.889 bits per heavy atom. The van der Waals surface area contributed by atoms with E-state index in [0.29, 0.717) is 0 Å². The molecule has 0 bridgehead atoms. The molecule has 0 atom stereocenters. The Balaban J connectivity index is 3.75. The van der Waals surface area contributed by atoms with Crippen molar-refractivity contribution in [2.75, 3.05) is 0 Å². The van der Waals surface area contributed by atoms with E-state index in [1.807, 2.05) is 0 Å². The maximum atomic E-state index is 2.46. The Kier molecular flexibility index (Phi) is 2.77. The van der Waals surface area contributed by atoms with Crippen LogP contribution in [0.5, 0.6) is 0 Å². The average molecular weight is 158 g/mol. The summed E-state index contributed by atoms with van der Waals surface area (Å²) in [5, 5.41) is 0. The minimum Gasteiger partial charge on any atom is -0.0754 e. The lowest BCUT2D eigenvalue weighted by molar-refractivity contribution is 1.82. The summed E-state index contributed by atoms with van der Waals surface area (Å²) < 4.78 is 0. The minimum absolute atomic E-state index is 0.731. The molecule has 0 heterocycles. The minimum atomic E-state index is -0.731. The van der Waals surface area contributed by atoms with Crippen LogP contribution in [0.4, 0.5) is 0 Å². The summed E-state index contributed by atoms with van der Waals surface area (Å²) in [4.78, 5) is 0. The third-order valence-electron chi connectivity index (χ3n) is 1.06. The first-order chi connectivity index (χ1) is 3.71. The molecule has 0 aliphatic rings. The van der Waals surface area contributed by atoms with E-state index in [-0.39, 0.29) is 0 Å². The highest BCUT2D eigenvalue weighted by Gasteiger charge is 2.25. The van der Waals surface area contributed by atoms with Gasteiger partial charge in [0.2, 0.25) is 0 Å². The quantitative estimate of drug-likeness (QED) is 0.540.